The lowest BCUT2D eigenvalue weighted by Gasteiger charge is -2.30. The smallest absolute Gasteiger partial charge is 0.246 e. The zero-order valence-corrected chi connectivity index (χ0v) is 21.4. The van der Waals surface area contributed by atoms with Gasteiger partial charge in [0.2, 0.25) is 21.8 Å². The highest BCUT2D eigenvalue weighted by molar-refractivity contribution is 7.89. The van der Waals surface area contributed by atoms with Crippen molar-refractivity contribution in [2.45, 2.75) is 44.0 Å². The molecule has 1 aliphatic heterocycles. The summed E-state index contributed by atoms with van der Waals surface area (Å²) in [7, 11) is -2.41. The minimum Gasteiger partial charge on any atom is -0.495 e. The van der Waals surface area contributed by atoms with Crippen LogP contribution in [0, 0.1) is 5.92 Å². The second-order valence-electron chi connectivity index (χ2n) is 9.55. The van der Waals surface area contributed by atoms with Crippen molar-refractivity contribution < 1.29 is 22.7 Å². The fourth-order valence-corrected chi connectivity index (χ4v) is 5.49. The number of nitrogens with one attached hydrogen (secondary N) is 2. The van der Waals surface area contributed by atoms with Gasteiger partial charge in [0.05, 0.1) is 7.11 Å². The highest BCUT2D eigenvalue weighted by Crippen LogP contribution is 2.27. The van der Waals surface area contributed by atoms with Gasteiger partial charge < -0.3 is 15.0 Å². The molecule has 2 N–H and O–H groups in total. The summed E-state index contributed by atoms with van der Waals surface area (Å²) in [5.41, 5.74) is 0.665. The zero-order valence-electron chi connectivity index (χ0n) is 20.6. The molecular weight excluding hydrogens is 466 g/mol. The van der Waals surface area contributed by atoms with Crippen LogP contribution in [-0.4, -0.2) is 50.9 Å². The van der Waals surface area contributed by atoms with E-state index >= 15 is 0 Å². The highest BCUT2D eigenvalue weighted by atomic mass is 32.2. The molecule has 1 heterocycles. The molecule has 0 saturated carbocycles. The van der Waals surface area contributed by atoms with Crippen LogP contribution in [0.2, 0.25) is 0 Å². The van der Waals surface area contributed by atoms with Gasteiger partial charge in [-0.2, -0.15) is 0 Å². The van der Waals surface area contributed by atoms with Crippen molar-refractivity contribution in [1.82, 2.24) is 9.62 Å². The Bertz CT molecular complexity index is 1180. The Morgan fingerprint density at radius 1 is 1.06 bits per heavy atom. The first-order chi connectivity index (χ1) is 16.5. The SMILES string of the molecule is COc1ccc(/C=C\C(=O)N2CCC(C(=O)Nc3ccccc3)CC2)cc1S(=O)(=O)NC(C)(C)C. The molecule has 3 rings (SSSR count). The van der Waals surface area contributed by atoms with Gasteiger partial charge in [0.25, 0.3) is 0 Å². The van der Waals surface area contributed by atoms with E-state index in [1.807, 2.05) is 30.3 Å². The van der Waals surface area contributed by atoms with Gasteiger partial charge in [-0.15, -0.1) is 0 Å². The van der Waals surface area contributed by atoms with E-state index in [2.05, 4.69) is 10.0 Å². The van der Waals surface area contributed by atoms with Gasteiger partial charge >= 0.3 is 0 Å². The van der Waals surface area contributed by atoms with Crippen LogP contribution in [-0.2, 0) is 19.6 Å². The molecule has 0 radical (unpaired) electrons. The minimum atomic E-state index is -3.82. The molecule has 2 aromatic carbocycles. The maximum Gasteiger partial charge on any atom is 0.246 e. The van der Waals surface area contributed by atoms with Crippen LogP contribution in [0.1, 0.15) is 39.2 Å². The minimum absolute atomic E-state index is 0.00904. The van der Waals surface area contributed by atoms with Crippen LogP contribution in [0.15, 0.2) is 59.5 Å². The average molecular weight is 500 g/mol. The number of hydrogen-bond acceptors (Lipinski definition) is 5. The number of para-hydroxylation sites is 1. The average Bonchev–Trinajstić information content (AvgIpc) is 2.81. The Hall–Kier alpha value is -3.17. The normalized spacial score (nSPS) is 15.3. The molecule has 0 spiro atoms. The van der Waals surface area contributed by atoms with E-state index in [-0.39, 0.29) is 28.4 Å². The Balaban J connectivity index is 1.62. The van der Waals surface area contributed by atoms with Crippen molar-refractivity contribution in [3.8, 4) is 5.75 Å². The highest BCUT2D eigenvalue weighted by Gasteiger charge is 2.27. The number of carbonyl (C=O) groups is 2. The summed E-state index contributed by atoms with van der Waals surface area (Å²) in [6, 6.07) is 14.1. The third-order valence-electron chi connectivity index (χ3n) is 5.55. The van der Waals surface area contributed by atoms with Gasteiger partial charge in [-0.05, 0) is 69.5 Å². The molecule has 0 aromatic heterocycles. The maximum atomic E-state index is 12.8. The van der Waals surface area contributed by atoms with Crippen molar-refractivity contribution >= 4 is 33.6 Å². The summed E-state index contributed by atoms with van der Waals surface area (Å²) >= 11 is 0. The molecule has 35 heavy (non-hydrogen) atoms. The van der Waals surface area contributed by atoms with Gasteiger partial charge in [-0.1, -0.05) is 24.3 Å². The predicted octanol–water partition coefficient (Wildman–Crippen LogP) is 3.66. The Labute approximate surface area is 207 Å². The number of hydrogen-bond donors (Lipinski definition) is 2. The monoisotopic (exact) mass is 499 g/mol. The number of ether oxygens (including phenoxy) is 1. The van der Waals surface area contributed by atoms with Crippen LogP contribution in [0.3, 0.4) is 0 Å². The van der Waals surface area contributed by atoms with Crippen molar-refractivity contribution in [2.75, 3.05) is 25.5 Å². The zero-order chi connectivity index (χ0) is 25.6. The lowest BCUT2D eigenvalue weighted by molar-refractivity contribution is -0.130. The summed E-state index contributed by atoms with van der Waals surface area (Å²) in [4.78, 5) is 26.9. The van der Waals surface area contributed by atoms with Gasteiger partial charge in [0, 0.05) is 36.3 Å². The molecule has 8 nitrogen and oxygen atoms in total. The van der Waals surface area contributed by atoms with Crippen LogP contribution >= 0.6 is 0 Å². The Morgan fingerprint density at radius 3 is 2.31 bits per heavy atom. The van der Waals surface area contributed by atoms with Crippen LogP contribution < -0.4 is 14.8 Å². The number of sulfonamides is 1. The topological polar surface area (TPSA) is 105 Å². The molecule has 1 aliphatic rings. The van der Waals surface area contributed by atoms with Crippen molar-refractivity contribution in [2.24, 2.45) is 5.92 Å². The molecule has 1 saturated heterocycles. The van der Waals surface area contributed by atoms with Gasteiger partial charge in [-0.3, -0.25) is 9.59 Å². The fourth-order valence-electron chi connectivity index (χ4n) is 3.87. The summed E-state index contributed by atoms with van der Waals surface area (Å²) in [6.07, 6.45) is 4.19. The lowest BCUT2D eigenvalue weighted by Crippen LogP contribution is -2.40. The summed E-state index contributed by atoms with van der Waals surface area (Å²) < 4.78 is 33.5. The molecule has 188 valence electrons. The standard InChI is InChI=1S/C26H33N3O5S/c1-26(2,3)28-35(32,33)23-18-19(10-12-22(23)34-4)11-13-24(30)29-16-14-20(15-17-29)25(31)27-21-8-6-5-7-9-21/h5-13,18,20,28H,14-17H2,1-4H3,(H,27,31)/b13-11-. The van der Waals surface area contributed by atoms with Crippen molar-refractivity contribution in [1.29, 1.82) is 0 Å². The molecular formula is C26H33N3O5S. The quantitative estimate of drug-likeness (QED) is 0.566. The number of rotatable bonds is 7. The molecule has 0 unspecified atom stereocenters. The maximum absolute atomic E-state index is 12.8. The van der Waals surface area contributed by atoms with Gasteiger partial charge in [0.15, 0.2) is 0 Å². The predicted molar refractivity (Wildman–Crippen MR) is 136 cm³/mol. The van der Waals surface area contributed by atoms with E-state index in [0.29, 0.717) is 31.5 Å². The second-order valence-corrected chi connectivity index (χ2v) is 11.2. The number of amides is 2. The van der Waals surface area contributed by atoms with E-state index in [0.717, 1.165) is 5.69 Å². The van der Waals surface area contributed by atoms with Gasteiger partial charge in [0.1, 0.15) is 10.6 Å². The molecule has 0 aliphatic carbocycles. The van der Waals surface area contributed by atoms with E-state index in [9.17, 15) is 18.0 Å². The summed E-state index contributed by atoms with van der Waals surface area (Å²) in [5, 5.41) is 2.92. The summed E-state index contributed by atoms with van der Waals surface area (Å²) in [6.45, 7) is 6.23. The molecule has 0 bridgehead atoms. The number of likely N-dealkylation sites (tertiary alicyclic amines) is 1. The van der Waals surface area contributed by atoms with Gasteiger partial charge in [-0.25, -0.2) is 13.1 Å². The van der Waals surface area contributed by atoms with E-state index in [1.165, 1.54) is 19.3 Å². The molecule has 0 atom stereocenters. The van der Waals surface area contributed by atoms with Crippen molar-refractivity contribution in [3.63, 3.8) is 0 Å². The molecule has 9 heteroatoms. The van der Waals surface area contributed by atoms with Crippen LogP contribution in [0.25, 0.3) is 6.08 Å². The molecule has 2 amide bonds. The number of carbonyl (C=O) groups excluding carboxylic acids is 2. The Kier molecular flexibility index (Phi) is 8.34. The van der Waals surface area contributed by atoms with Crippen LogP contribution in [0.5, 0.6) is 5.75 Å². The first-order valence-electron chi connectivity index (χ1n) is 11.5. The molecule has 1 fully saturated rings. The number of methoxy groups -OCH3 is 1. The number of piperidine rings is 1. The largest absolute Gasteiger partial charge is 0.495 e. The van der Waals surface area contributed by atoms with E-state index in [1.54, 1.807) is 43.9 Å². The number of benzene rings is 2. The molecule has 2 aromatic rings. The van der Waals surface area contributed by atoms with E-state index in [4.69, 9.17) is 4.74 Å². The second kappa shape index (κ2) is 11.0. The third kappa shape index (κ3) is 7.40. The lowest BCUT2D eigenvalue weighted by atomic mass is 9.95. The number of anilines is 1. The van der Waals surface area contributed by atoms with E-state index < -0.39 is 15.6 Å². The third-order valence-corrected chi connectivity index (χ3v) is 7.33. The first kappa shape index (κ1) is 26.4. The van der Waals surface area contributed by atoms with Crippen molar-refractivity contribution in [3.05, 3.63) is 60.2 Å². The number of nitrogens with zero attached hydrogens (tertiary/aromatic N) is 1. The van der Waals surface area contributed by atoms with Crippen LogP contribution in [0.4, 0.5) is 5.69 Å². The summed E-state index contributed by atoms with van der Waals surface area (Å²) in [5.74, 6) is -0.136. The first-order valence-corrected chi connectivity index (χ1v) is 13.0. The Morgan fingerprint density at radius 2 is 1.71 bits per heavy atom. The fraction of sp³-hybridized carbons (Fsp3) is 0.385.